The van der Waals surface area contributed by atoms with E-state index in [4.69, 9.17) is 9.84 Å². The smallest absolute Gasteiger partial charge is 0.240 e. The number of sulfonamides is 1. The van der Waals surface area contributed by atoms with Crippen LogP contribution in [0.3, 0.4) is 0 Å². The van der Waals surface area contributed by atoms with Gasteiger partial charge in [0.15, 0.2) is 0 Å². The Morgan fingerprint density at radius 1 is 1.24 bits per heavy atom. The van der Waals surface area contributed by atoms with Crippen LogP contribution >= 0.6 is 0 Å². The van der Waals surface area contributed by atoms with Crippen LogP contribution in [0.1, 0.15) is 31.2 Å². The van der Waals surface area contributed by atoms with Gasteiger partial charge in [-0.1, -0.05) is 12.1 Å². The minimum atomic E-state index is -3.46. The molecule has 0 aromatic heterocycles. The summed E-state index contributed by atoms with van der Waals surface area (Å²) in [7, 11) is -3.46. The first-order chi connectivity index (χ1) is 10.1. The third-order valence-electron chi connectivity index (χ3n) is 3.67. The lowest BCUT2D eigenvalue weighted by Gasteiger charge is -2.22. The predicted octanol–water partition coefficient (Wildman–Crippen LogP) is 1.46. The largest absolute Gasteiger partial charge is 0.396 e. The number of hydrogen-bond acceptors (Lipinski definition) is 4. The highest BCUT2D eigenvalue weighted by Gasteiger charge is 2.17. The monoisotopic (exact) mass is 313 g/mol. The first-order valence-electron chi connectivity index (χ1n) is 7.43. The van der Waals surface area contributed by atoms with Crippen molar-refractivity contribution in [2.45, 2.75) is 43.1 Å². The van der Waals surface area contributed by atoms with Crippen molar-refractivity contribution in [1.29, 1.82) is 0 Å². The molecule has 2 rings (SSSR count). The van der Waals surface area contributed by atoms with Crippen LogP contribution in [0.2, 0.25) is 0 Å². The normalized spacial score (nSPS) is 19.6. The summed E-state index contributed by atoms with van der Waals surface area (Å²) in [6.07, 6.45) is 4.69. The molecule has 0 aliphatic carbocycles. The molecular weight excluding hydrogens is 290 g/mol. The Labute approximate surface area is 126 Å². The van der Waals surface area contributed by atoms with E-state index in [1.807, 2.05) is 0 Å². The van der Waals surface area contributed by atoms with Crippen LogP contribution in [0, 0.1) is 0 Å². The molecule has 1 aromatic carbocycles. The Kier molecular flexibility index (Phi) is 6.17. The number of rotatable bonds is 7. The van der Waals surface area contributed by atoms with Crippen LogP contribution in [0.15, 0.2) is 29.2 Å². The summed E-state index contributed by atoms with van der Waals surface area (Å²) < 4.78 is 32.5. The van der Waals surface area contributed by atoms with Crippen LogP contribution in [-0.2, 0) is 21.2 Å². The summed E-state index contributed by atoms with van der Waals surface area (Å²) in [6.45, 7) is 1.24. The van der Waals surface area contributed by atoms with Crippen molar-refractivity contribution in [3.05, 3.63) is 29.8 Å². The molecule has 1 aliphatic rings. The molecule has 0 bridgehead atoms. The van der Waals surface area contributed by atoms with Gasteiger partial charge in [0.1, 0.15) is 0 Å². The minimum absolute atomic E-state index is 0.0612. The van der Waals surface area contributed by atoms with Gasteiger partial charge in [-0.15, -0.1) is 0 Å². The van der Waals surface area contributed by atoms with Gasteiger partial charge in [-0.05, 0) is 49.8 Å². The summed E-state index contributed by atoms with van der Waals surface area (Å²) in [4.78, 5) is 0.258. The fourth-order valence-electron chi connectivity index (χ4n) is 2.44. The molecule has 1 aliphatic heterocycles. The molecule has 2 N–H and O–H groups in total. The highest BCUT2D eigenvalue weighted by molar-refractivity contribution is 7.89. The molecule has 1 aromatic rings. The average Bonchev–Trinajstić information content (AvgIpc) is 2.49. The molecule has 118 valence electrons. The molecule has 0 spiro atoms. The van der Waals surface area contributed by atoms with Crippen molar-refractivity contribution in [3.63, 3.8) is 0 Å². The van der Waals surface area contributed by atoms with E-state index in [1.165, 1.54) is 0 Å². The summed E-state index contributed by atoms with van der Waals surface area (Å²) in [5.41, 5.74) is 0.923. The fraction of sp³-hybridized carbons (Fsp3) is 0.600. The van der Waals surface area contributed by atoms with Crippen LogP contribution in [-0.4, -0.2) is 39.4 Å². The summed E-state index contributed by atoms with van der Waals surface area (Å²) in [5.74, 6) is 0. The van der Waals surface area contributed by atoms with Crippen molar-refractivity contribution >= 4 is 10.0 Å². The van der Waals surface area contributed by atoms with Gasteiger partial charge in [0.05, 0.1) is 11.0 Å². The zero-order valence-electron chi connectivity index (χ0n) is 12.1. The SMILES string of the molecule is O=S(=O)(NCCC1CCCCO1)c1ccc(CCO)cc1. The molecular formula is C15H23NO4S. The van der Waals surface area contributed by atoms with Gasteiger partial charge in [0, 0.05) is 19.8 Å². The number of aliphatic hydroxyl groups excluding tert-OH is 1. The quantitative estimate of drug-likeness (QED) is 0.799. The summed E-state index contributed by atoms with van der Waals surface area (Å²) in [6, 6.07) is 6.61. The first kappa shape index (κ1) is 16.4. The number of hydrogen-bond donors (Lipinski definition) is 2. The van der Waals surface area contributed by atoms with Crippen LogP contribution in [0.5, 0.6) is 0 Å². The zero-order valence-corrected chi connectivity index (χ0v) is 12.9. The maximum atomic E-state index is 12.1. The van der Waals surface area contributed by atoms with E-state index in [0.717, 1.165) is 31.4 Å². The highest BCUT2D eigenvalue weighted by atomic mass is 32.2. The van der Waals surface area contributed by atoms with Gasteiger partial charge in [-0.2, -0.15) is 0 Å². The topological polar surface area (TPSA) is 75.6 Å². The van der Waals surface area contributed by atoms with Crippen molar-refractivity contribution in [2.75, 3.05) is 19.8 Å². The lowest BCUT2D eigenvalue weighted by Crippen LogP contribution is -2.29. The van der Waals surface area contributed by atoms with Crippen molar-refractivity contribution in [1.82, 2.24) is 4.72 Å². The Bertz CT molecular complexity index is 521. The zero-order chi connectivity index (χ0) is 15.1. The molecule has 1 atom stereocenters. The Balaban J connectivity index is 1.85. The molecule has 1 saturated heterocycles. The second-order valence-electron chi connectivity index (χ2n) is 5.29. The number of ether oxygens (including phenoxy) is 1. The van der Waals surface area contributed by atoms with E-state index < -0.39 is 10.0 Å². The van der Waals surface area contributed by atoms with E-state index in [-0.39, 0.29) is 17.6 Å². The Morgan fingerprint density at radius 2 is 2.00 bits per heavy atom. The molecule has 1 fully saturated rings. The van der Waals surface area contributed by atoms with Crippen molar-refractivity contribution in [3.8, 4) is 0 Å². The lowest BCUT2D eigenvalue weighted by atomic mass is 10.1. The van der Waals surface area contributed by atoms with Crippen molar-refractivity contribution in [2.24, 2.45) is 0 Å². The van der Waals surface area contributed by atoms with Crippen LogP contribution in [0.25, 0.3) is 0 Å². The number of aliphatic hydroxyl groups is 1. The maximum absolute atomic E-state index is 12.1. The van der Waals surface area contributed by atoms with E-state index in [1.54, 1.807) is 24.3 Å². The molecule has 0 radical (unpaired) electrons. The second kappa shape index (κ2) is 7.89. The Morgan fingerprint density at radius 3 is 2.62 bits per heavy atom. The standard InChI is InChI=1S/C15H23NO4S/c17-11-9-13-4-6-15(7-5-13)21(18,19)16-10-8-14-3-1-2-12-20-14/h4-7,14,16-17H,1-3,8-12H2. The molecule has 1 heterocycles. The van der Waals surface area contributed by atoms with Gasteiger partial charge in [0.25, 0.3) is 0 Å². The summed E-state index contributed by atoms with van der Waals surface area (Å²) >= 11 is 0. The predicted molar refractivity (Wildman–Crippen MR) is 80.6 cm³/mol. The van der Waals surface area contributed by atoms with Gasteiger partial charge in [0.2, 0.25) is 10.0 Å². The number of benzene rings is 1. The maximum Gasteiger partial charge on any atom is 0.240 e. The van der Waals surface area contributed by atoms with Gasteiger partial charge < -0.3 is 9.84 Å². The second-order valence-corrected chi connectivity index (χ2v) is 7.06. The molecule has 21 heavy (non-hydrogen) atoms. The molecule has 0 saturated carbocycles. The van der Waals surface area contributed by atoms with E-state index in [9.17, 15) is 8.42 Å². The molecule has 6 heteroatoms. The number of nitrogens with one attached hydrogen (secondary N) is 1. The summed E-state index contributed by atoms with van der Waals surface area (Å²) in [5, 5.41) is 8.85. The lowest BCUT2D eigenvalue weighted by molar-refractivity contribution is 0.0123. The molecule has 5 nitrogen and oxygen atoms in total. The fourth-order valence-corrected chi connectivity index (χ4v) is 3.48. The highest BCUT2D eigenvalue weighted by Crippen LogP contribution is 2.16. The van der Waals surface area contributed by atoms with Gasteiger partial charge in [-0.3, -0.25) is 0 Å². The van der Waals surface area contributed by atoms with E-state index in [0.29, 0.717) is 19.4 Å². The molecule has 1 unspecified atom stereocenters. The van der Waals surface area contributed by atoms with Crippen molar-refractivity contribution < 1.29 is 18.3 Å². The average molecular weight is 313 g/mol. The van der Waals surface area contributed by atoms with Gasteiger partial charge in [-0.25, -0.2) is 13.1 Å². The third kappa shape index (κ3) is 5.07. The Hall–Kier alpha value is -0.950. The van der Waals surface area contributed by atoms with E-state index >= 15 is 0 Å². The minimum Gasteiger partial charge on any atom is -0.396 e. The van der Waals surface area contributed by atoms with Gasteiger partial charge >= 0.3 is 0 Å². The first-order valence-corrected chi connectivity index (χ1v) is 8.91. The van der Waals surface area contributed by atoms with Crippen LogP contribution < -0.4 is 4.72 Å². The third-order valence-corrected chi connectivity index (χ3v) is 5.14. The van der Waals surface area contributed by atoms with Crippen LogP contribution in [0.4, 0.5) is 0 Å². The molecule has 0 amide bonds. The van der Waals surface area contributed by atoms with E-state index in [2.05, 4.69) is 4.72 Å².